The smallest absolute Gasteiger partial charge is 0.332 e. The molecule has 30 heavy (non-hydrogen) atoms. The summed E-state index contributed by atoms with van der Waals surface area (Å²) in [5.41, 5.74) is -0.452. The largest absolute Gasteiger partial charge is 0.504 e. The Balaban J connectivity index is 1.92. The summed E-state index contributed by atoms with van der Waals surface area (Å²) in [6.45, 7) is -0.751. The maximum absolute atomic E-state index is 12.7. The van der Waals surface area contributed by atoms with E-state index in [-0.39, 0.29) is 35.2 Å². The molecule has 4 aromatic rings. The molecule has 3 aromatic heterocycles. The van der Waals surface area contributed by atoms with Gasteiger partial charge >= 0.3 is 5.69 Å². The van der Waals surface area contributed by atoms with Crippen LogP contribution in [0.15, 0.2) is 44.1 Å². The Kier molecular flexibility index (Phi) is 4.72. The van der Waals surface area contributed by atoms with Crippen molar-refractivity contribution in [3.63, 3.8) is 0 Å². The lowest BCUT2D eigenvalue weighted by Crippen LogP contribution is -2.38. The number of nitrogens with one attached hydrogen (secondary N) is 1. The van der Waals surface area contributed by atoms with E-state index in [0.717, 1.165) is 4.57 Å². The SMILES string of the molecule is Cn1c(=O)c2c(nc(N=Nc3[nH]c4ccccc4c3O)n2CC(O)CO)n(C)c1=O. The Hall–Kier alpha value is -3.77. The van der Waals surface area contributed by atoms with Gasteiger partial charge in [-0.1, -0.05) is 12.1 Å². The van der Waals surface area contributed by atoms with Crippen LogP contribution in [0, 0.1) is 0 Å². The highest BCUT2D eigenvalue weighted by Crippen LogP contribution is 2.35. The van der Waals surface area contributed by atoms with E-state index in [4.69, 9.17) is 0 Å². The summed E-state index contributed by atoms with van der Waals surface area (Å²) < 4.78 is 3.37. The molecule has 0 amide bonds. The van der Waals surface area contributed by atoms with Crippen molar-refractivity contribution in [3.05, 3.63) is 45.1 Å². The maximum atomic E-state index is 12.7. The number of aromatic amines is 1. The van der Waals surface area contributed by atoms with E-state index in [1.165, 1.54) is 23.2 Å². The van der Waals surface area contributed by atoms with Crippen LogP contribution in [0.5, 0.6) is 5.75 Å². The number of aliphatic hydroxyl groups excluding tert-OH is 2. The minimum atomic E-state index is -1.19. The molecule has 0 aliphatic heterocycles. The van der Waals surface area contributed by atoms with Gasteiger partial charge in [-0.2, -0.15) is 4.98 Å². The van der Waals surface area contributed by atoms with Gasteiger partial charge in [0.1, 0.15) is 0 Å². The molecule has 12 heteroatoms. The van der Waals surface area contributed by atoms with Crippen molar-refractivity contribution in [3.8, 4) is 5.75 Å². The first kappa shape index (κ1) is 19.5. The first-order valence-corrected chi connectivity index (χ1v) is 9.00. The molecule has 3 heterocycles. The molecule has 1 aromatic carbocycles. The molecule has 0 aliphatic carbocycles. The molecule has 0 saturated heterocycles. The zero-order chi connectivity index (χ0) is 21.6. The Labute approximate surface area is 168 Å². The van der Waals surface area contributed by atoms with Gasteiger partial charge < -0.3 is 20.3 Å². The number of aromatic hydroxyl groups is 1. The molecule has 0 saturated carbocycles. The number of imidazole rings is 1. The highest BCUT2D eigenvalue weighted by atomic mass is 16.3. The lowest BCUT2D eigenvalue weighted by atomic mass is 10.2. The second-order valence-corrected chi connectivity index (χ2v) is 6.80. The molecular formula is C18H19N7O5. The summed E-state index contributed by atoms with van der Waals surface area (Å²) >= 11 is 0. The van der Waals surface area contributed by atoms with Crippen molar-refractivity contribution in [1.82, 2.24) is 23.7 Å². The van der Waals surface area contributed by atoms with E-state index in [1.807, 2.05) is 0 Å². The first-order valence-electron chi connectivity index (χ1n) is 9.00. The number of nitrogens with zero attached hydrogens (tertiary/aromatic N) is 6. The molecule has 0 bridgehead atoms. The van der Waals surface area contributed by atoms with E-state index in [0.29, 0.717) is 10.9 Å². The number of hydrogen-bond acceptors (Lipinski definition) is 8. The van der Waals surface area contributed by atoms with E-state index < -0.39 is 24.0 Å². The average molecular weight is 413 g/mol. The van der Waals surface area contributed by atoms with Crippen molar-refractivity contribution in [2.24, 2.45) is 24.3 Å². The number of aryl methyl sites for hydroxylation is 1. The summed E-state index contributed by atoms with van der Waals surface area (Å²) in [4.78, 5) is 32.0. The van der Waals surface area contributed by atoms with Gasteiger partial charge in [-0.15, -0.1) is 10.2 Å². The third kappa shape index (κ3) is 2.98. The Bertz CT molecular complexity index is 1410. The van der Waals surface area contributed by atoms with Crippen LogP contribution in [0.1, 0.15) is 0 Å². The monoisotopic (exact) mass is 413 g/mol. The van der Waals surface area contributed by atoms with Crippen LogP contribution in [0.2, 0.25) is 0 Å². The predicted molar refractivity (Wildman–Crippen MR) is 107 cm³/mol. The van der Waals surface area contributed by atoms with Crippen molar-refractivity contribution in [2.45, 2.75) is 12.6 Å². The highest BCUT2D eigenvalue weighted by molar-refractivity contribution is 5.90. The summed E-state index contributed by atoms with van der Waals surface area (Å²) in [7, 11) is 2.78. The molecule has 0 spiro atoms. The van der Waals surface area contributed by atoms with Gasteiger partial charge in [-0.25, -0.2) is 4.79 Å². The second-order valence-electron chi connectivity index (χ2n) is 6.80. The van der Waals surface area contributed by atoms with Crippen LogP contribution in [0.25, 0.3) is 22.1 Å². The van der Waals surface area contributed by atoms with Crippen LogP contribution >= 0.6 is 0 Å². The van der Waals surface area contributed by atoms with Gasteiger partial charge in [0, 0.05) is 19.5 Å². The Morgan fingerprint density at radius 2 is 1.90 bits per heavy atom. The summed E-state index contributed by atoms with van der Waals surface area (Å²) in [6.07, 6.45) is -1.19. The lowest BCUT2D eigenvalue weighted by Gasteiger charge is -2.10. The van der Waals surface area contributed by atoms with Gasteiger partial charge in [-0.3, -0.25) is 18.5 Å². The number of fused-ring (bicyclic) bond motifs is 2. The van der Waals surface area contributed by atoms with Crippen LogP contribution in [-0.2, 0) is 20.6 Å². The fraction of sp³-hybridized carbons (Fsp3) is 0.278. The molecule has 0 aliphatic rings. The maximum Gasteiger partial charge on any atom is 0.332 e. The summed E-state index contributed by atoms with van der Waals surface area (Å²) in [6, 6.07) is 7.04. The van der Waals surface area contributed by atoms with E-state index in [2.05, 4.69) is 20.2 Å². The van der Waals surface area contributed by atoms with E-state index in [1.54, 1.807) is 24.3 Å². The molecule has 0 fully saturated rings. The predicted octanol–water partition coefficient (Wildman–Crippen LogP) is 0.389. The van der Waals surface area contributed by atoms with Gasteiger partial charge in [0.2, 0.25) is 0 Å². The minimum Gasteiger partial charge on any atom is -0.504 e. The van der Waals surface area contributed by atoms with Gasteiger partial charge in [0.25, 0.3) is 11.5 Å². The zero-order valence-electron chi connectivity index (χ0n) is 16.1. The summed E-state index contributed by atoms with van der Waals surface area (Å²) in [5.74, 6) is -0.0936. The number of aromatic nitrogens is 5. The number of benzene rings is 1. The van der Waals surface area contributed by atoms with E-state index in [9.17, 15) is 24.9 Å². The standard InChI is InChI=1S/C18H19N7O5/c1-23-15-12(16(29)24(2)18(23)30)25(7-9(27)8-26)17(20-15)22-21-14-13(28)10-5-3-4-6-11(10)19-14/h3-6,9,19,26-28H,7-8H2,1-2H3. The molecule has 156 valence electrons. The normalized spacial score (nSPS) is 13.1. The quantitative estimate of drug-likeness (QED) is 0.346. The first-order chi connectivity index (χ1) is 14.3. The highest BCUT2D eigenvalue weighted by Gasteiger charge is 2.21. The number of hydrogen-bond donors (Lipinski definition) is 4. The number of para-hydroxylation sites is 1. The molecule has 4 rings (SSSR count). The Morgan fingerprint density at radius 3 is 2.60 bits per heavy atom. The third-order valence-electron chi connectivity index (χ3n) is 4.83. The number of azo groups is 1. The fourth-order valence-corrected chi connectivity index (χ4v) is 3.23. The second kappa shape index (κ2) is 7.24. The zero-order valence-corrected chi connectivity index (χ0v) is 16.1. The van der Waals surface area contributed by atoms with Gasteiger partial charge in [0.15, 0.2) is 22.7 Å². The molecule has 12 nitrogen and oxygen atoms in total. The molecule has 4 N–H and O–H groups in total. The van der Waals surface area contributed by atoms with Crippen molar-refractivity contribution >= 4 is 33.8 Å². The van der Waals surface area contributed by atoms with Gasteiger partial charge in [0.05, 0.1) is 24.8 Å². The lowest BCUT2D eigenvalue weighted by molar-refractivity contribution is 0.0824. The number of rotatable bonds is 5. The van der Waals surface area contributed by atoms with Crippen molar-refractivity contribution in [2.75, 3.05) is 6.61 Å². The van der Waals surface area contributed by atoms with Crippen LogP contribution in [0.4, 0.5) is 11.8 Å². The minimum absolute atomic E-state index is 0.0296. The Morgan fingerprint density at radius 1 is 1.17 bits per heavy atom. The van der Waals surface area contributed by atoms with Gasteiger partial charge in [-0.05, 0) is 12.1 Å². The van der Waals surface area contributed by atoms with Crippen molar-refractivity contribution < 1.29 is 15.3 Å². The van der Waals surface area contributed by atoms with Crippen LogP contribution < -0.4 is 11.2 Å². The van der Waals surface area contributed by atoms with Crippen LogP contribution in [-0.4, -0.2) is 51.7 Å². The number of H-pyrrole nitrogens is 1. The molecule has 1 unspecified atom stereocenters. The third-order valence-corrected chi connectivity index (χ3v) is 4.83. The van der Waals surface area contributed by atoms with Crippen LogP contribution in [0.3, 0.4) is 0 Å². The molecule has 1 atom stereocenters. The molecule has 0 radical (unpaired) electrons. The number of aliphatic hydroxyl groups is 2. The average Bonchev–Trinajstić information content (AvgIpc) is 3.27. The fourth-order valence-electron chi connectivity index (χ4n) is 3.23. The summed E-state index contributed by atoms with van der Waals surface area (Å²) in [5, 5.41) is 38.1. The van der Waals surface area contributed by atoms with Crippen molar-refractivity contribution in [1.29, 1.82) is 0 Å². The van der Waals surface area contributed by atoms with E-state index >= 15 is 0 Å². The molecular weight excluding hydrogens is 394 g/mol. The topological polar surface area (TPSA) is 163 Å².